The van der Waals surface area contributed by atoms with Gasteiger partial charge in [-0.05, 0) is 23.8 Å². The number of nitrogens with one attached hydrogen (secondary N) is 1. The molecule has 0 saturated carbocycles. The number of amides is 3. The number of para-hydroxylation sites is 1. The van der Waals surface area contributed by atoms with E-state index in [9.17, 15) is 9.59 Å². The summed E-state index contributed by atoms with van der Waals surface area (Å²) in [6.45, 7) is 5.00. The Bertz CT molecular complexity index is 1260. The van der Waals surface area contributed by atoms with Crippen LogP contribution < -0.4 is 10.1 Å². The highest BCUT2D eigenvalue weighted by atomic mass is 35.5. The lowest BCUT2D eigenvalue weighted by molar-refractivity contribution is 0.0738. The Labute approximate surface area is 235 Å². The number of nitrogens with zero attached hydrogens (tertiary/aromatic N) is 3. The Balaban J connectivity index is 1.33. The van der Waals surface area contributed by atoms with Crippen LogP contribution in [0.5, 0.6) is 5.75 Å². The molecule has 204 valence electrons. The number of carbonyl (C=O) groups is 2. The number of halogens is 1. The predicted molar refractivity (Wildman–Crippen MR) is 156 cm³/mol. The third-order valence-electron chi connectivity index (χ3n) is 6.79. The highest BCUT2D eigenvalue weighted by molar-refractivity contribution is 6.33. The van der Waals surface area contributed by atoms with Crippen LogP contribution in [0.15, 0.2) is 84.9 Å². The van der Waals surface area contributed by atoms with Gasteiger partial charge in [-0.1, -0.05) is 84.4 Å². The first-order valence-corrected chi connectivity index (χ1v) is 13.6. The Morgan fingerprint density at radius 1 is 0.949 bits per heavy atom. The molecule has 0 unspecified atom stereocenters. The summed E-state index contributed by atoms with van der Waals surface area (Å²) in [4.78, 5) is 32.0. The molecule has 3 aromatic carbocycles. The van der Waals surface area contributed by atoms with Crippen LogP contribution in [0.3, 0.4) is 0 Å². The van der Waals surface area contributed by atoms with E-state index in [-0.39, 0.29) is 11.9 Å². The van der Waals surface area contributed by atoms with E-state index >= 15 is 0 Å². The molecule has 0 spiro atoms. The average molecular weight is 547 g/mol. The van der Waals surface area contributed by atoms with Crippen LogP contribution in [-0.2, 0) is 6.54 Å². The van der Waals surface area contributed by atoms with Crippen LogP contribution in [0, 0.1) is 0 Å². The quantitative estimate of drug-likeness (QED) is 0.387. The van der Waals surface area contributed by atoms with Crippen molar-refractivity contribution in [1.82, 2.24) is 20.0 Å². The number of rotatable bonds is 10. The molecule has 1 N–H and O–H groups in total. The summed E-state index contributed by atoms with van der Waals surface area (Å²) in [5, 5.41) is 3.44. The summed E-state index contributed by atoms with van der Waals surface area (Å²) in [6.07, 6.45) is 3.94. The summed E-state index contributed by atoms with van der Waals surface area (Å²) in [5.41, 5.74) is 2.52. The molecule has 7 nitrogen and oxygen atoms in total. The average Bonchev–Trinajstić information content (AvgIpc) is 2.98. The fourth-order valence-electron chi connectivity index (χ4n) is 4.51. The Morgan fingerprint density at radius 2 is 1.64 bits per heavy atom. The van der Waals surface area contributed by atoms with Crippen LogP contribution >= 0.6 is 11.6 Å². The smallest absolute Gasteiger partial charge is 0.317 e. The van der Waals surface area contributed by atoms with Crippen molar-refractivity contribution in [2.75, 3.05) is 52.9 Å². The molecular formula is C31H35ClN4O3. The van der Waals surface area contributed by atoms with Gasteiger partial charge in [0.05, 0.1) is 17.7 Å². The van der Waals surface area contributed by atoms with E-state index in [0.29, 0.717) is 49.9 Å². The molecule has 1 aliphatic rings. The Kier molecular flexibility index (Phi) is 10.4. The first-order valence-electron chi connectivity index (χ1n) is 13.2. The molecule has 8 heteroatoms. The van der Waals surface area contributed by atoms with E-state index < -0.39 is 0 Å². The van der Waals surface area contributed by atoms with Gasteiger partial charge in [-0.15, -0.1) is 0 Å². The van der Waals surface area contributed by atoms with Crippen molar-refractivity contribution in [3.63, 3.8) is 0 Å². The zero-order valence-electron chi connectivity index (χ0n) is 22.3. The number of carbonyl (C=O) groups excluding carboxylic acids is 2. The van der Waals surface area contributed by atoms with Gasteiger partial charge in [-0.3, -0.25) is 9.69 Å². The van der Waals surface area contributed by atoms with E-state index in [1.54, 1.807) is 19.2 Å². The monoisotopic (exact) mass is 546 g/mol. The van der Waals surface area contributed by atoms with Crippen molar-refractivity contribution in [3.05, 3.63) is 107 Å². The van der Waals surface area contributed by atoms with Crippen molar-refractivity contribution in [3.8, 4) is 5.75 Å². The molecule has 0 aliphatic carbocycles. The zero-order valence-corrected chi connectivity index (χ0v) is 23.0. The molecule has 0 bridgehead atoms. The van der Waals surface area contributed by atoms with Gasteiger partial charge in [0.25, 0.3) is 5.91 Å². The van der Waals surface area contributed by atoms with Gasteiger partial charge in [0.1, 0.15) is 5.75 Å². The SMILES string of the molecule is COc1ccccc1/C=C/CN(CCN1CCN(C(=O)NCc2ccccc2)CC1)C(=O)c1ccccc1Cl. The normalized spacial score (nSPS) is 13.8. The largest absolute Gasteiger partial charge is 0.496 e. The van der Waals surface area contributed by atoms with Crippen molar-refractivity contribution >= 4 is 29.6 Å². The fourth-order valence-corrected chi connectivity index (χ4v) is 4.73. The Morgan fingerprint density at radius 3 is 2.38 bits per heavy atom. The number of methoxy groups -OCH3 is 1. The van der Waals surface area contributed by atoms with Crippen LogP contribution in [-0.4, -0.2) is 79.6 Å². The lowest BCUT2D eigenvalue weighted by Gasteiger charge is -2.35. The van der Waals surface area contributed by atoms with Crippen molar-refractivity contribution in [2.24, 2.45) is 0 Å². The maximum absolute atomic E-state index is 13.4. The third-order valence-corrected chi connectivity index (χ3v) is 7.12. The van der Waals surface area contributed by atoms with Gasteiger partial charge in [-0.25, -0.2) is 4.79 Å². The lowest BCUT2D eigenvalue weighted by atomic mass is 10.1. The summed E-state index contributed by atoms with van der Waals surface area (Å²) >= 11 is 6.36. The molecule has 39 heavy (non-hydrogen) atoms. The van der Waals surface area contributed by atoms with Crippen LogP contribution in [0.2, 0.25) is 5.02 Å². The topological polar surface area (TPSA) is 65.1 Å². The molecule has 0 atom stereocenters. The number of benzene rings is 3. The number of hydrogen-bond donors (Lipinski definition) is 1. The van der Waals surface area contributed by atoms with Gasteiger partial charge in [-0.2, -0.15) is 0 Å². The zero-order chi connectivity index (χ0) is 27.5. The molecule has 0 aromatic heterocycles. The lowest BCUT2D eigenvalue weighted by Crippen LogP contribution is -2.53. The minimum Gasteiger partial charge on any atom is -0.496 e. The van der Waals surface area contributed by atoms with Gasteiger partial charge in [0.15, 0.2) is 0 Å². The van der Waals surface area contributed by atoms with E-state index in [1.807, 2.05) is 88.7 Å². The van der Waals surface area contributed by atoms with Crippen molar-refractivity contribution in [1.29, 1.82) is 0 Å². The molecule has 1 saturated heterocycles. The second-order valence-electron chi connectivity index (χ2n) is 9.35. The minimum absolute atomic E-state index is 0.0458. The predicted octanol–water partition coefficient (Wildman–Crippen LogP) is 5.03. The van der Waals surface area contributed by atoms with Gasteiger partial charge in [0, 0.05) is 57.9 Å². The second-order valence-corrected chi connectivity index (χ2v) is 9.76. The minimum atomic E-state index is -0.107. The third kappa shape index (κ3) is 8.09. The molecule has 3 amide bonds. The van der Waals surface area contributed by atoms with Crippen molar-refractivity contribution in [2.45, 2.75) is 6.54 Å². The molecule has 3 aromatic rings. The summed E-state index contributed by atoms with van der Waals surface area (Å²) in [5.74, 6) is 0.674. The van der Waals surface area contributed by atoms with Gasteiger partial charge in [0.2, 0.25) is 0 Å². The van der Waals surface area contributed by atoms with Crippen LogP contribution in [0.4, 0.5) is 4.79 Å². The van der Waals surface area contributed by atoms with Gasteiger partial charge >= 0.3 is 6.03 Å². The van der Waals surface area contributed by atoms with E-state index in [4.69, 9.17) is 16.3 Å². The maximum atomic E-state index is 13.4. The fraction of sp³-hybridized carbons (Fsp3) is 0.290. The number of piperazine rings is 1. The molecule has 0 radical (unpaired) electrons. The molecule has 4 rings (SSSR count). The second kappa shape index (κ2) is 14.4. The number of ether oxygens (including phenoxy) is 1. The Hall–Kier alpha value is -3.81. The molecule has 1 heterocycles. The highest BCUT2D eigenvalue weighted by Crippen LogP contribution is 2.20. The number of urea groups is 1. The summed E-state index contributed by atoms with van der Waals surface area (Å²) in [7, 11) is 1.65. The summed E-state index contributed by atoms with van der Waals surface area (Å²) < 4.78 is 5.44. The molecule has 1 fully saturated rings. The standard InChI is InChI=1S/C31H35ClN4O3/c1-39-29-16-8-5-12-26(29)13-9-17-35(30(37)27-14-6-7-15-28(27)32)21-18-34-19-22-36(23-20-34)31(38)33-24-25-10-3-2-4-11-25/h2-16H,17-24H2,1H3,(H,33,38)/b13-9+. The van der Waals surface area contributed by atoms with E-state index in [0.717, 1.165) is 30.0 Å². The number of hydrogen-bond acceptors (Lipinski definition) is 4. The first-order chi connectivity index (χ1) is 19.0. The molecule has 1 aliphatic heterocycles. The summed E-state index contributed by atoms with van der Waals surface area (Å²) in [6, 6.07) is 24.8. The van der Waals surface area contributed by atoms with Crippen LogP contribution in [0.25, 0.3) is 6.08 Å². The van der Waals surface area contributed by atoms with Crippen LogP contribution in [0.1, 0.15) is 21.5 Å². The first kappa shape index (κ1) is 28.2. The van der Waals surface area contributed by atoms with E-state index in [2.05, 4.69) is 10.2 Å². The van der Waals surface area contributed by atoms with Gasteiger partial charge < -0.3 is 19.9 Å². The van der Waals surface area contributed by atoms with E-state index in [1.165, 1.54) is 0 Å². The molecular weight excluding hydrogens is 512 g/mol. The highest BCUT2D eigenvalue weighted by Gasteiger charge is 2.23. The maximum Gasteiger partial charge on any atom is 0.317 e. The van der Waals surface area contributed by atoms with Crippen molar-refractivity contribution < 1.29 is 14.3 Å².